The Balaban J connectivity index is 1.62. The van der Waals surface area contributed by atoms with Gasteiger partial charge in [-0.05, 0) is 31.4 Å². The largest absolute Gasteiger partial charge is 0.490 e. The second kappa shape index (κ2) is 18.0. The highest BCUT2D eigenvalue weighted by Crippen LogP contribution is 2.21. The molecule has 0 aliphatic carbocycles. The summed E-state index contributed by atoms with van der Waals surface area (Å²) in [6.07, 6.45) is 15.9. The molecule has 0 amide bonds. The maximum atomic E-state index is 12.7. The molecule has 0 aromatic heterocycles. The molecule has 0 N–H and O–H groups in total. The van der Waals surface area contributed by atoms with Crippen LogP contribution in [0, 0.1) is 0 Å². The molecule has 0 fully saturated rings. The lowest BCUT2D eigenvalue weighted by Crippen LogP contribution is -2.51. The number of hydrogen-bond acceptors (Lipinski definition) is 3. The number of benzene rings is 2. The first-order chi connectivity index (χ1) is 17.9. The highest BCUT2D eigenvalue weighted by molar-refractivity contribution is 5.74. The molecule has 0 bridgehead atoms. The average Bonchev–Trinajstić information content (AvgIpc) is 2.90. The molecule has 206 valence electrons. The molecular formula is C33H52NO3+. The van der Waals surface area contributed by atoms with Gasteiger partial charge in [0.2, 0.25) is 0 Å². The van der Waals surface area contributed by atoms with E-state index in [2.05, 4.69) is 45.3 Å². The van der Waals surface area contributed by atoms with Gasteiger partial charge in [-0.25, -0.2) is 4.79 Å². The zero-order valence-corrected chi connectivity index (χ0v) is 24.1. The van der Waals surface area contributed by atoms with E-state index in [0.717, 1.165) is 18.7 Å². The Morgan fingerprint density at radius 2 is 1.32 bits per heavy atom. The number of para-hydroxylation sites is 1. The monoisotopic (exact) mass is 510 g/mol. The minimum atomic E-state index is -0.256. The predicted molar refractivity (Wildman–Crippen MR) is 155 cm³/mol. The number of nitrogens with zero attached hydrogens (tertiary/aromatic N) is 1. The summed E-state index contributed by atoms with van der Waals surface area (Å²) in [7, 11) is 4.14. The molecule has 2 aromatic rings. The van der Waals surface area contributed by atoms with Crippen LogP contribution in [-0.2, 0) is 22.5 Å². The second-order valence-electron chi connectivity index (χ2n) is 11.0. The van der Waals surface area contributed by atoms with Crippen LogP contribution in [-0.4, -0.2) is 43.8 Å². The van der Waals surface area contributed by atoms with Crippen LogP contribution in [0.1, 0.15) is 95.6 Å². The second-order valence-corrected chi connectivity index (χ2v) is 11.0. The van der Waals surface area contributed by atoms with Gasteiger partial charge in [-0.1, -0.05) is 120 Å². The fourth-order valence-corrected chi connectivity index (χ4v) is 4.72. The maximum Gasteiger partial charge on any atom is 0.364 e. The topological polar surface area (TPSA) is 35.5 Å². The van der Waals surface area contributed by atoms with E-state index >= 15 is 0 Å². The maximum absolute atomic E-state index is 12.7. The van der Waals surface area contributed by atoms with Crippen molar-refractivity contribution >= 4 is 5.97 Å². The average molecular weight is 511 g/mol. The number of carbonyl (C=O) groups is 1. The first-order valence-electron chi connectivity index (χ1n) is 14.7. The first-order valence-corrected chi connectivity index (χ1v) is 14.7. The Labute approximate surface area is 227 Å². The molecule has 37 heavy (non-hydrogen) atoms. The summed E-state index contributed by atoms with van der Waals surface area (Å²) in [6.45, 7) is 5.63. The summed E-state index contributed by atoms with van der Waals surface area (Å²) in [5.41, 5.74) is 2.46. The van der Waals surface area contributed by atoms with E-state index in [4.69, 9.17) is 9.47 Å². The fraction of sp³-hybridized carbons (Fsp3) is 0.606. The van der Waals surface area contributed by atoms with Crippen molar-refractivity contribution in [1.82, 2.24) is 0 Å². The molecule has 4 heteroatoms. The van der Waals surface area contributed by atoms with Crippen LogP contribution >= 0.6 is 0 Å². The lowest BCUT2D eigenvalue weighted by Gasteiger charge is -2.34. The molecule has 0 saturated heterocycles. The molecule has 0 heterocycles. The van der Waals surface area contributed by atoms with E-state index in [9.17, 15) is 4.79 Å². The normalized spacial score (nSPS) is 12.3. The van der Waals surface area contributed by atoms with Crippen LogP contribution in [0.5, 0.6) is 5.75 Å². The Bertz CT molecular complexity index is 865. The van der Waals surface area contributed by atoms with E-state index in [1.807, 2.05) is 37.3 Å². The molecule has 0 radical (unpaired) electrons. The van der Waals surface area contributed by atoms with Crippen LogP contribution < -0.4 is 4.74 Å². The number of quaternary nitrogens is 1. The van der Waals surface area contributed by atoms with Crippen molar-refractivity contribution < 1.29 is 18.8 Å². The van der Waals surface area contributed by atoms with Crippen molar-refractivity contribution in [1.29, 1.82) is 0 Å². The highest BCUT2D eigenvalue weighted by atomic mass is 16.6. The van der Waals surface area contributed by atoms with Crippen LogP contribution in [0.4, 0.5) is 0 Å². The van der Waals surface area contributed by atoms with Crippen LogP contribution in [0.25, 0.3) is 0 Å². The number of unbranched alkanes of at least 4 members (excludes halogenated alkanes) is 10. The number of esters is 1. The predicted octanol–water partition coefficient (Wildman–Crippen LogP) is 8.13. The van der Waals surface area contributed by atoms with E-state index in [1.54, 1.807) is 0 Å². The molecule has 0 spiro atoms. The molecule has 1 unspecified atom stereocenters. The van der Waals surface area contributed by atoms with Gasteiger partial charge in [0, 0.05) is 5.56 Å². The van der Waals surface area contributed by atoms with E-state index in [-0.39, 0.29) is 18.6 Å². The third kappa shape index (κ3) is 12.6. The SMILES string of the molecule is CCCCCCCCCCCCCc1ccccc1OCCOC(=O)C(C)[N+](C)(C)Cc1ccccc1. The van der Waals surface area contributed by atoms with Gasteiger partial charge in [-0.2, -0.15) is 0 Å². The number of rotatable bonds is 20. The van der Waals surface area contributed by atoms with Gasteiger partial charge in [-0.3, -0.25) is 0 Å². The summed E-state index contributed by atoms with van der Waals surface area (Å²) in [5, 5.41) is 0. The summed E-state index contributed by atoms with van der Waals surface area (Å²) in [4.78, 5) is 12.7. The minimum absolute atomic E-state index is 0.182. The Hall–Kier alpha value is -2.33. The summed E-state index contributed by atoms with van der Waals surface area (Å²) < 4.78 is 12.1. The van der Waals surface area contributed by atoms with Crippen molar-refractivity contribution in [2.75, 3.05) is 27.3 Å². The minimum Gasteiger partial charge on any atom is -0.490 e. The third-order valence-electron chi connectivity index (χ3n) is 7.43. The zero-order valence-electron chi connectivity index (χ0n) is 24.1. The van der Waals surface area contributed by atoms with E-state index in [0.29, 0.717) is 11.1 Å². The summed E-state index contributed by atoms with van der Waals surface area (Å²) in [6, 6.07) is 18.3. The number of hydrogen-bond donors (Lipinski definition) is 0. The Morgan fingerprint density at radius 3 is 1.97 bits per heavy atom. The number of ether oxygens (including phenoxy) is 2. The molecule has 2 rings (SSSR count). The molecule has 0 saturated carbocycles. The fourth-order valence-electron chi connectivity index (χ4n) is 4.72. The third-order valence-corrected chi connectivity index (χ3v) is 7.43. The highest BCUT2D eigenvalue weighted by Gasteiger charge is 2.32. The summed E-state index contributed by atoms with van der Waals surface area (Å²) in [5.74, 6) is 0.734. The van der Waals surface area contributed by atoms with Crippen LogP contribution in [0.3, 0.4) is 0 Å². The van der Waals surface area contributed by atoms with Gasteiger partial charge in [0.1, 0.15) is 25.5 Å². The van der Waals surface area contributed by atoms with Crippen LogP contribution in [0.15, 0.2) is 54.6 Å². The number of likely N-dealkylation sites (N-methyl/N-ethyl adjacent to an activating group) is 1. The number of carbonyl (C=O) groups excluding carboxylic acids is 1. The Morgan fingerprint density at radius 1 is 0.757 bits per heavy atom. The van der Waals surface area contributed by atoms with Gasteiger partial charge >= 0.3 is 5.97 Å². The molecule has 0 aliphatic rings. The van der Waals surface area contributed by atoms with Crippen molar-refractivity contribution in [3.8, 4) is 5.75 Å². The molecule has 0 aliphatic heterocycles. The standard InChI is InChI=1S/C33H52NO3/c1-5-6-7-8-9-10-11-12-13-14-18-23-31-24-19-20-25-32(31)36-26-27-37-33(35)29(2)34(3,4)28-30-21-16-15-17-22-30/h15-17,19-22,24-25,29H,5-14,18,23,26-28H2,1-4H3/q+1. The van der Waals surface area contributed by atoms with Crippen LogP contribution in [0.2, 0.25) is 0 Å². The lowest BCUT2D eigenvalue weighted by atomic mass is 10.0. The van der Waals surface area contributed by atoms with Crippen molar-refractivity contribution in [3.63, 3.8) is 0 Å². The molecule has 1 atom stereocenters. The Kier molecular flexibility index (Phi) is 15.0. The zero-order chi connectivity index (χ0) is 26.8. The van der Waals surface area contributed by atoms with Crippen molar-refractivity contribution in [3.05, 3.63) is 65.7 Å². The van der Waals surface area contributed by atoms with Crippen molar-refractivity contribution in [2.24, 2.45) is 0 Å². The van der Waals surface area contributed by atoms with Crippen molar-refractivity contribution in [2.45, 2.75) is 103 Å². The molecular weight excluding hydrogens is 458 g/mol. The summed E-state index contributed by atoms with van der Waals surface area (Å²) >= 11 is 0. The lowest BCUT2D eigenvalue weighted by molar-refractivity contribution is -0.917. The quantitative estimate of drug-likeness (QED) is 0.102. The molecule has 4 nitrogen and oxygen atoms in total. The van der Waals surface area contributed by atoms with Gasteiger partial charge in [0.25, 0.3) is 0 Å². The first kappa shape index (κ1) is 30.9. The number of aryl methyl sites for hydroxylation is 1. The van der Waals surface area contributed by atoms with Gasteiger partial charge in [0.15, 0.2) is 6.04 Å². The smallest absolute Gasteiger partial charge is 0.364 e. The van der Waals surface area contributed by atoms with Gasteiger partial charge in [0.05, 0.1) is 14.1 Å². The van der Waals surface area contributed by atoms with Gasteiger partial charge < -0.3 is 14.0 Å². The molecule has 2 aromatic carbocycles. The van der Waals surface area contributed by atoms with E-state index in [1.165, 1.54) is 81.8 Å². The van der Waals surface area contributed by atoms with E-state index < -0.39 is 0 Å². The van der Waals surface area contributed by atoms with Gasteiger partial charge in [-0.15, -0.1) is 0 Å².